The average molecular weight is 195 g/mol. The van der Waals surface area contributed by atoms with Gasteiger partial charge in [0, 0.05) is 0 Å². The van der Waals surface area contributed by atoms with Gasteiger partial charge in [0.05, 0.1) is 5.69 Å². The Labute approximate surface area is 81.9 Å². The number of hydrogen-bond acceptors (Lipinski definition) is 3. The van der Waals surface area contributed by atoms with Crippen molar-refractivity contribution >= 4 is 5.97 Å². The van der Waals surface area contributed by atoms with Crippen LogP contribution >= 0.6 is 0 Å². The molecule has 1 aromatic rings. The van der Waals surface area contributed by atoms with Gasteiger partial charge in [0.2, 0.25) is 5.89 Å². The molecule has 0 aromatic carbocycles. The average Bonchev–Trinajstić information content (AvgIpc) is 2.28. The third-order valence-electron chi connectivity index (χ3n) is 3.05. The second kappa shape index (κ2) is 2.83. The van der Waals surface area contributed by atoms with Gasteiger partial charge in [0.15, 0.2) is 0 Å². The fourth-order valence-electron chi connectivity index (χ4n) is 1.73. The van der Waals surface area contributed by atoms with Gasteiger partial charge in [-0.1, -0.05) is 6.42 Å². The minimum Gasteiger partial charge on any atom is -0.480 e. The molecule has 0 atom stereocenters. The molecule has 0 aliphatic heterocycles. The fourth-order valence-corrected chi connectivity index (χ4v) is 1.73. The third-order valence-corrected chi connectivity index (χ3v) is 3.05. The SMILES string of the molecule is Cc1nc(C2(C(=O)O)CCC2)oc1C. The Morgan fingerprint density at radius 3 is 2.43 bits per heavy atom. The van der Waals surface area contributed by atoms with E-state index < -0.39 is 11.4 Å². The molecule has 0 bridgehead atoms. The van der Waals surface area contributed by atoms with Crippen LogP contribution in [-0.4, -0.2) is 16.1 Å². The normalized spacial score (nSPS) is 19.0. The summed E-state index contributed by atoms with van der Waals surface area (Å²) in [4.78, 5) is 15.3. The molecule has 1 fully saturated rings. The van der Waals surface area contributed by atoms with Crippen LogP contribution < -0.4 is 0 Å². The number of hydrogen-bond donors (Lipinski definition) is 1. The van der Waals surface area contributed by atoms with Gasteiger partial charge in [-0.05, 0) is 26.7 Å². The van der Waals surface area contributed by atoms with Crippen LogP contribution in [0.1, 0.15) is 36.6 Å². The summed E-state index contributed by atoms with van der Waals surface area (Å²) in [5, 5.41) is 9.14. The highest BCUT2D eigenvalue weighted by Gasteiger charge is 2.50. The lowest BCUT2D eigenvalue weighted by Crippen LogP contribution is -2.42. The Hall–Kier alpha value is -1.32. The van der Waals surface area contributed by atoms with Crippen molar-refractivity contribution in [2.24, 2.45) is 0 Å². The van der Waals surface area contributed by atoms with E-state index >= 15 is 0 Å². The molecule has 4 nitrogen and oxygen atoms in total. The van der Waals surface area contributed by atoms with E-state index in [-0.39, 0.29) is 0 Å². The molecule has 1 N–H and O–H groups in total. The van der Waals surface area contributed by atoms with E-state index in [9.17, 15) is 4.79 Å². The topological polar surface area (TPSA) is 63.3 Å². The molecule has 1 aromatic heterocycles. The maximum atomic E-state index is 11.1. The second-order valence-electron chi connectivity index (χ2n) is 3.90. The van der Waals surface area contributed by atoms with Crippen LogP contribution in [0.3, 0.4) is 0 Å². The molecule has 1 aliphatic carbocycles. The van der Waals surface area contributed by atoms with Crippen molar-refractivity contribution < 1.29 is 14.3 Å². The van der Waals surface area contributed by atoms with Crippen LogP contribution in [0, 0.1) is 13.8 Å². The van der Waals surface area contributed by atoms with Gasteiger partial charge in [-0.2, -0.15) is 0 Å². The first-order valence-corrected chi connectivity index (χ1v) is 4.74. The molecule has 14 heavy (non-hydrogen) atoms. The Balaban J connectivity index is 2.41. The van der Waals surface area contributed by atoms with Crippen molar-refractivity contribution in [2.45, 2.75) is 38.5 Å². The molecular weight excluding hydrogens is 182 g/mol. The first-order chi connectivity index (χ1) is 6.56. The highest BCUT2D eigenvalue weighted by Crippen LogP contribution is 2.43. The summed E-state index contributed by atoms with van der Waals surface area (Å²) in [6.45, 7) is 3.64. The molecule has 1 heterocycles. The summed E-state index contributed by atoms with van der Waals surface area (Å²) >= 11 is 0. The lowest BCUT2D eigenvalue weighted by Gasteiger charge is -2.34. The largest absolute Gasteiger partial charge is 0.480 e. The number of nitrogens with zero attached hydrogens (tertiary/aromatic N) is 1. The lowest BCUT2D eigenvalue weighted by atomic mass is 9.68. The Kier molecular flexibility index (Phi) is 1.87. The standard InChI is InChI=1S/C10H13NO3/c1-6-7(2)14-8(11-6)10(9(12)13)4-3-5-10/h3-5H2,1-2H3,(H,12,13). The molecule has 0 saturated heterocycles. The number of aryl methyl sites for hydroxylation is 2. The zero-order valence-corrected chi connectivity index (χ0v) is 8.33. The van der Waals surface area contributed by atoms with Crippen LogP contribution in [0.15, 0.2) is 4.42 Å². The number of aliphatic carboxylic acids is 1. The van der Waals surface area contributed by atoms with Crippen molar-refractivity contribution in [3.8, 4) is 0 Å². The van der Waals surface area contributed by atoms with Crippen LogP contribution in [0.4, 0.5) is 0 Å². The van der Waals surface area contributed by atoms with E-state index in [1.165, 1.54) is 0 Å². The van der Waals surface area contributed by atoms with Crippen molar-refractivity contribution in [2.75, 3.05) is 0 Å². The van der Waals surface area contributed by atoms with Crippen molar-refractivity contribution in [1.82, 2.24) is 4.98 Å². The van der Waals surface area contributed by atoms with Gasteiger partial charge in [-0.25, -0.2) is 4.98 Å². The maximum absolute atomic E-state index is 11.1. The minimum absolute atomic E-state index is 0.381. The Morgan fingerprint density at radius 1 is 1.50 bits per heavy atom. The summed E-state index contributed by atoms with van der Waals surface area (Å²) in [5.74, 6) is 0.281. The van der Waals surface area contributed by atoms with Gasteiger partial charge in [-0.15, -0.1) is 0 Å². The van der Waals surface area contributed by atoms with Gasteiger partial charge >= 0.3 is 5.97 Å². The number of aromatic nitrogens is 1. The van der Waals surface area contributed by atoms with Crippen molar-refractivity contribution in [3.63, 3.8) is 0 Å². The molecule has 76 valence electrons. The van der Waals surface area contributed by atoms with Crippen LogP contribution in [0.2, 0.25) is 0 Å². The summed E-state index contributed by atoms with van der Waals surface area (Å²) < 4.78 is 5.39. The van der Waals surface area contributed by atoms with Crippen LogP contribution in [-0.2, 0) is 10.2 Å². The smallest absolute Gasteiger partial charge is 0.319 e. The van der Waals surface area contributed by atoms with Gasteiger partial charge < -0.3 is 9.52 Å². The Bertz CT molecular complexity index is 357. The molecule has 1 aliphatic rings. The predicted molar refractivity (Wildman–Crippen MR) is 49.1 cm³/mol. The number of oxazole rings is 1. The second-order valence-corrected chi connectivity index (χ2v) is 3.90. The molecule has 2 rings (SSSR count). The quantitative estimate of drug-likeness (QED) is 0.781. The van der Waals surface area contributed by atoms with E-state index in [1.54, 1.807) is 6.92 Å². The minimum atomic E-state index is -0.834. The van der Waals surface area contributed by atoms with Gasteiger partial charge in [0.25, 0.3) is 0 Å². The monoisotopic (exact) mass is 195 g/mol. The van der Waals surface area contributed by atoms with E-state index in [0.717, 1.165) is 12.1 Å². The fraction of sp³-hybridized carbons (Fsp3) is 0.600. The van der Waals surface area contributed by atoms with Crippen molar-refractivity contribution in [1.29, 1.82) is 0 Å². The van der Waals surface area contributed by atoms with Crippen molar-refractivity contribution in [3.05, 3.63) is 17.3 Å². The number of rotatable bonds is 2. The van der Waals surface area contributed by atoms with E-state index in [4.69, 9.17) is 9.52 Å². The van der Waals surface area contributed by atoms with E-state index in [2.05, 4.69) is 4.98 Å². The summed E-state index contributed by atoms with van der Waals surface area (Å²) in [6, 6.07) is 0. The molecule has 0 radical (unpaired) electrons. The summed E-state index contributed by atoms with van der Waals surface area (Å²) in [5.41, 5.74) is -0.0496. The molecule has 4 heteroatoms. The highest BCUT2D eigenvalue weighted by molar-refractivity contribution is 5.81. The van der Waals surface area contributed by atoms with Gasteiger partial charge in [0.1, 0.15) is 11.2 Å². The lowest BCUT2D eigenvalue weighted by molar-refractivity contribution is -0.148. The highest BCUT2D eigenvalue weighted by atomic mass is 16.4. The number of carboxylic acids is 1. The summed E-state index contributed by atoms with van der Waals surface area (Å²) in [6.07, 6.45) is 2.22. The zero-order valence-electron chi connectivity index (χ0n) is 8.33. The third kappa shape index (κ3) is 1.06. The maximum Gasteiger partial charge on any atom is 0.319 e. The first kappa shape index (κ1) is 9.24. The van der Waals surface area contributed by atoms with E-state index in [0.29, 0.717) is 24.5 Å². The molecule has 0 unspecified atom stereocenters. The first-order valence-electron chi connectivity index (χ1n) is 4.74. The predicted octanol–water partition coefficient (Wildman–Crippen LogP) is 1.80. The molecule has 0 spiro atoms. The van der Waals surface area contributed by atoms with Crippen LogP contribution in [0.5, 0.6) is 0 Å². The van der Waals surface area contributed by atoms with Gasteiger partial charge in [-0.3, -0.25) is 4.79 Å². The molecular formula is C10H13NO3. The van der Waals surface area contributed by atoms with E-state index in [1.807, 2.05) is 6.92 Å². The summed E-state index contributed by atoms with van der Waals surface area (Å²) in [7, 11) is 0. The number of carboxylic acid groups (broad SMARTS) is 1. The zero-order chi connectivity index (χ0) is 10.3. The molecule has 0 amide bonds. The van der Waals surface area contributed by atoms with Crippen LogP contribution in [0.25, 0.3) is 0 Å². The number of carbonyl (C=O) groups is 1. The molecule has 1 saturated carbocycles. The Morgan fingerprint density at radius 2 is 2.14 bits per heavy atom.